The molecule has 2 aromatic rings. The molecule has 0 spiro atoms. The third-order valence-electron chi connectivity index (χ3n) is 6.13. The first-order valence-electron chi connectivity index (χ1n) is 10.9. The smallest absolute Gasteiger partial charge is 0.271 e. The van der Waals surface area contributed by atoms with E-state index in [9.17, 15) is 14.4 Å². The maximum Gasteiger partial charge on any atom is 0.271 e. The van der Waals surface area contributed by atoms with Gasteiger partial charge in [0.05, 0.1) is 5.69 Å². The Bertz CT molecular complexity index is 942. The number of amides is 2. The minimum absolute atomic E-state index is 0.00630. The first-order chi connectivity index (χ1) is 14.6. The van der Waals surface area contributed by atoms with Crippen molar-refractivity contribution < 1.29 is 9.59 Å². The van der Waals surface area contributed by atoms with Crippen molar-refractivity contribution in [2.45, 2.75) is 51.0 Å². The van der Waals surface area contributed by atoms with Crippen LogP contribution >= 0.6 is 0 Å². The van der Waals surface area contributed by atoms with Gasteiger partial charge in [-0.25, -0.2) is 0 Å². The summed E-state index contributed by atoms with van der Waals surface area (Å²) in [6, 6.07) is 11.9. The molecule has 2 heterocycles. The van der Waals surface area contributed by atoms with E-state index in [1.54, 1.807) is 12.1 Å². The molecule has 4 rings (SSSR count). The van der Waals surface area contributed by atoms with E-state index in [4.69, 9.17) is 0 Å². The SMILES string of the molecule is O=C(NC1CCN(C(=O)C2CCCCC2)CC1)c1ccc(=O)n(-c2ccccc2)n1. The van der Waals surface area contributed by atoms with E-state index in [0.29, 0.717) is 18.8 Å². The van der Waals surface area contributed by atoms with Crippen LogP contribution in [0.4, 0.5) is 0 Å². The Labute approximate surface area is 176 Å². The highest BCUT2D eigenvalue weighted by Gasteiger charge is 2.29. The molecule has 0 radical (unpaired) electrons. The number of benzene rings is 1. The van der Waals surface area contributed by atoms with Gasteiger partial charge in [-0.1, -0.05) is 37.5 Å². The number of nitrogens with zero attached hydrogens (tertiary/aromatic N) is 3. The Hall–Kier alpha value is -2.96. The predicted octanol–water partition coefficient (Wildman–Crippen LogP) is 2.53. The number of hydrogen-bond acceptors (Lipinski definition) is 4. The number of aromatic nitrogens is 2. The first kappa shape index (κ1) is 20.3. The van der Waals surface area contributed by atoms with E-state index in [2.05, 4.69) is 10.4 Å². The lowest BCUT2D eigenvalue weighted by Crippen LogP contribution is -2.48. The summed E-state index contributed by atoms with van der Waals surface area (Å²) >= 11 is 0. The topological polar surface area (TPSA) is 84.3 Å². The van der Waals surface area contributed by atoms with Crippen LogP contribution in [0.25, 0.3) is 5.69 Å². The molecule has 0 atom stereocenters. The van der Waals surface area contributed by atoms with Gasteiger partial charge < -0.3 is 10.2 Å². The molecule has 1 aromatic carbocycles. The van der Waals surface area contributed by atoms with Crippen LogP contribution in [0.3, 0.4) is 0 Å². The molecule has 2 amide bonds. The van der Waals surface area contributed by atoms with Crippen molar-refractivity contribution in [3.05, 3.63) is 58.5 Å². The van der Waals surface area contributed by atoms with Gasteiger partial charge in [0.15, 0.2) is 0 Å². The molecular formula is C23H28N4O3. The zero-order chi connectivity index (χ0) is 20.9. The average Bonchev–Trinajstić information content (AvgIpc) is 2.80. The molecule has 1 saturated carbocycles. The Morgan fingerprint density at radius 1 is 0.900 bits per heavy atom. The van der Waals surface area contributed by atoms with E-state index >= 15 is 0 Å². The minimum atomic E-state index is -0.295. The second-order valence-corrected chi connectivity index (χ2v) is 8.21. The fourth-order valence-electron chi connectivity index (χ4n) is 4.40. The highest BCUT2D eigenvalue weighted by Crippen LogP contribution is 2.26. The number of nitrogens with one attached hydrogen (secondary N) is 1. The normalized spacial score (nSPS) is 18.2. The highest BCUT2D eigenvalue weighted by atomic mass is 16.2. The van der Waals surface area contributed by atoms with Gasteiger partial charge in [0, 0.05) is 31.1 Å². The van der Waals surface area contributed by atoms with E-state index in [1.807, 2.05) is 23.1 Å². The average molecular weight is 409 g/mol. The molecule has 158 valence electrons. The zero-order valence-corrected chi connectivity index (χ0v) is 17.1. The van der Waals surface area contributed by atoms with Gasteiger partial charge in [0.25, 0.3) is 11.5 Å². The van der Waals surface area contributed by atoms with E-state index < -0.39 is 0 Å². The Morgan fingerprint density at radius 2 is 1.60 bits per heavy atom. The molecule has 7 heteroatoms. The molecular weight excluding hydrogens is 380 g/mol. The van der Waals surface area contributed by atoms with Crippen molar-refractivity contribution in [3.63, 3.8) is 0 Å². The fourth-order valence-corrected chi connectivity index (χ4v) is 4.40. The van der Waals surface area contributed by atoms with Crippen LogP contribution in [0.2, 0.25) is 0 Å². The summed E-state index contributed by atoms with van der Waals surface area (Å²) in [5.74, 6) is 0.181. The monoisotopic (exact) mass is 408 g/mol. The third-order valence-corrected chi connectivity index (χ3v) is 6.13. The lowest BCUT2D eigenvalue weighted by atomic mass is 9.87. The lowest BCUT2D eigenvalue weighted by molar-refractivity contribution is -0.137. The number of carbonyl (C=O) groups is 2. The van der Waals surface area contributed by atoms with E-state index in [0.717, 1.165) is 38.5 Å². The van der Waals surface area contributed by atoms with Crippen LogP contribution in [-0.4, -0.2) is 45.6 Å². The summed E-state index contributed by atoms with van der Waals surface area (Å²) in [6.45, 7) is 1.36. The van der Waals surface area contributed by atoms with Gasteiger partial charge in [-0.15, -0.1) is 0 Å². The summed E-state index contributed by atoms with van der Waals surface area (Å²) in [6.07, 6.45) is 7.05. The Balaban J connectivity index is 1.35. The quantitative estimate of drug-likeness (QED) is 0.843. The highest BCUT2D eigenvalue weighted by molar-refractivity contribution is 5.92. The fraction of sp³-hybridized carbons (Fsp3) is 0.478. The van der Waals surface area contributed by atoms with E-state index in [1.165, 1.54) is 23.2 Å². The summed E-state index contributed by atoms with van der Waals surface area (Å²) in [7, 11) is 0. The zero-order valence-electron chi connectivity index (χ0n) is 17.1. The van der Waals surface area contributed by atoms with Gasteiger partial charge in [-0.2, -0.15) is 9.78 Å². The van der Waals surface area contributed by atoms with Crippen LogP contribution in [-0.2, 0) is 4.79 Å². The van der Waals surface area contributed by atoms with Gasteiger partial charge in [0.2, 0.25) is 5.91 Å². The maximum atomic E-state index is 12.7. The molecule has 0 unspecified atom stereocenters. The molecule has 30 heavy (non-hydrogen) atoms. The number of carbonyl (C=O) groups excluding carboxylic acids is 2. The molecule has 1 aliphatic heterocycles. The molecule has 1 N–H and O–H groups in total. The Morgan fingerprint density at radius 3 is 2.30 bits per heavy atom. The number of piperidine rings is 1. The summed E-state index contributed by atoms with van der Waals surface area (Å²) in [5, 5.41) is 7.26. The second kappa shape index (κ2) is 9.24. The standard InChI is InChI=1S/C23H28N4O3/c28-21-12-11-20(25-27(21)19-9-5-2-6-10-19)22(29)24-18-13-15-26(16-14-18)23(30)17-7-3-1-4-8-17/h2,5-6,9-12,17-18H,1,3-4,7-8,13-16H2,(H,24,29). The first-order valence-corrected chi connectivity index (χ1v) is 10.9. The molecule has 1 saturated heterocycles. The number of likely N-dealkylation sites (tertiary alicyclic amines) is 1. The maximum absolute atomic E-state index is 12.7. The van der Waals surface area contributed by atoms with Gasteiger partial charge in [-0.3, -0.25) is 14.4 Å². The molecule has 1 aliphatic carbocycles. The van der Waals surface area contributed by atoms with Crippen molar-refractivity contribution >= 4 is 11.8 Å². The van der Waals surface area contributed by atoms with Gasteiger partial charge in [0.1, 0.15) is 5.69 Å². The van der Waals surface area contributed by atoms with Crippen molar-refractivity contribution in [2.75, 3.05) is 13.1 Å². The number of hydrogen-bond donors (Lipinski definition) is 1. The van der Waals surface area contributed by atoms with Crippen molar-refractivity contribution in [3.8, 4) is 5.69 Å². The Kier molecular flexibility index (Phi) is 6.26. The molecule has 2 aliphatic rings. The van der Waals surface area contributed by atoms with Gasteiger partial charge in [-0.05, 0) is 43.9 Å². The van der Waals surface area contributed by atoms with Crippen molar-refractivity contribution in [1.82, 2.24) is 20.0 Å². The minimum Gasteiger partial charge on any atom is -0.348 e. The van der Waals surface area contributed by atoms with Crippen LogP contribution in [0.5, 0.6) is 0 Å². The van der Waals surface area contributed by atoms with Crippen molar-refractivity contribution in [2.24, 2.45) is 5.92 Å². The largest absolute Gasteiger partial charge is 0.348 e. The third kappa shape index (κ3) is 4.61. The molecule has 7 nitrogen and oxygen atoms in total. The number of rotatable bonds is 4. The predicted molar refractivity (Wildman–Crippen MR) is 113 cm³/mol. The summed E-state index contributed by atoms with van der Waals surface area (Å²) in [4.78, 5) is 39.5. The van der Waals surface area contributed by atoms with E-state index in [-0.39, 0.29) is 35.0 Å². The van der Waals surface area contributed by atoms with Crippen LogP contribution < -0.4 is 10.9 Å². The van der Waals surface area contributed by atoms with Crippen molar-refractivity contribution in [1.29, 1.82) is 0 Å². The second-order valence-electron chi connectivity index (χ2n) is 8.21. The van der Waals surface area contributed by atoms with Crippen LogP contribution in [0.15, 0.2) is 47.3 Å². The summed E-state index contributed by atoms with van der Waals surface area (Å²) < 4.78 is 1.24. The molecule has 2 fully saturated rings. The van der Waals surface area contributed by atoms with Gasteiger partial charge >= 0.3 is 0 Å². The lowest BCUT2D eigenvalue weighted by Gasteiger charge is -2.35. The van der Waals surface area contributed by atoms with Crippen LogP contribution in [0.1, 0.15) is 55.4 Å². The molecule has 1 aromatic heterocycles. The number of para-hydroxylation sites is 1. The molecule has 0 bridgehead atoms. The summed E-state index contributed by atoms with van der Waals surface area (Å²) in [5.41, 5.74) is 0.540. The van der Waals surface area contributed by atoms with Crippen LogP contribution in [0, 0.1) is 5.92 Å².